The lowest BCUT2D eigenvalue weighted by molar-refractivity contribution is -0.153. The van der Waals surface area contributed by atoms with Crippen molar-refractivity contribution in [2.75, 3.05) is 17.7 Å². The average Bonchev–Trinajstić information content (AvgIpc) is 3.24. The van der Waals surface area contributed by atoms with Crippen LogP contribution < -0.4 is 22.1 Å². The Morgan fingerprint density at radius 2 is 1.79 bits per heavy atom. The van der Waals surface area contributed by atoms with Gasteiger partial charge >= 0.3 is 12.1 Å². The van der Waals surface area contributed by atoms with Gasteiger partial charge < -0.3 is 25.5 Å². The third-order valence-corrected chi connectivity index (χ3v) is 6.31. The Morgan fingerprint density at radius 1 is 1.13 bits per heavy atom. The van der Waals surface area contributed by atoms with E-state index in [4.69, 9.17) is 32.5 Å². The third-order valence-electron chi connectivity index (χ3n) is 6.11. The molecule has 8 nitrogen and oxygen atoms in total. The predicted molar refractivity (Wildman–Crippen MR) is 146 cm³/mol. The molecule has 210 valence electrons. The number of para-hydroxylation sites is 1. The number of hydrogen-bond acceptors (Lipinski definition) is 6. The smallest absolute Gasteiger partial charge is 0.416 e. The minimum absolute atomic E-state index is 0.0500. The number of nitrogen functional groups attached to an aromatic ring is 1. The van der Waals surface area contributed by atoms with Crippen molar-refractivity contribution in [1.82, 2.24) is 9.88 Å². The van der Waals surface area contributed by atoms with Gasteiger partial charge in [0.2, 0.25) is 0 Å². The van der Waals surface area contributed by atoms with Gasteiger partial charge in [0, 0.05) is 12.6 Å². The van der Waals surface area contributed by atoms with E-state index in [0.717, 1.165) is 12.1 Å². The van der Waals surface area contributed by atoms with Gasteiger partial charge in [0.1, 0.15) is 6.26 Å². The summed E-state index contributed by atoms with van der Waals surface area (Å²) in [6.07, 6.45) is -1.41. The molecule has 0 radical (unpaired) electrons. The molecule has 0 saturated heterocycles. The van der Waals surface area contributed by atoms with E-state index < -0.39 is 28.7 Å². The number of carbonyl (C=O) groups excluding carboxylic acids is 1. The molecule has 0 amide bonds. The van der Waals surface area contributed by atoms with Crippen LogP contribution in [-0.2, 0) is 27.8 Å². The van der Waals surface area contributed by atoms with Crippen molar-refractivity contribution in [1.29, 1.82) is 5.41 Å². The van der Waals surface area contributed by atoms with Crippen LogP contribution in [-0.4, -0.2) is 22.3 Å². The molecule has 1 unspecified atom stereocenters. The number of anilines is 2. The molecule has 2 aromatic carbocycles. The number of alkyl halides is 3. The van der Waals surface area contributed by atoms with Gasteiger partial charge in [-0.05, 0) is 69.2 Å². The first-order valence-electron chi connectivity index (χ1n) is 12.1. The summed E-state index contributed by atoms with van der Waals surface area (Å²) in [4.78, 5) is 12.3. The van der Waals surface area contributed by atoms with E-state index in [1.165, 1.54) is 12.3 Å². The van der Waals surface area contributed by atoms with Crippen LogP contribution in [0.15, 0.2) is 59.3 Å². The fraction of sp³-hybridized carbons (Fsp3) is 0.370. The van der Waals surface area contributed by atoms with Gasteiger partial charge in [-0.25, -0.2) is 0 Å². The topological polar surface area (TPSA) is 118 Å². The zero-order valence-electron chi connectivity index (χ0n) is 22.1. The highest BCUT2D eigenvalue weighted by Crippen LogP contribution is 2.34. The first-order chi connectivity index (χ1) is 18.1. The monoisotopic (exact) mass is 563 g/mol. The van der Waals surface area contributed by atoms with E-state index in [1.807, 2.05) is 0 Å². The molecule has 0 aliphatic heterocycles. The van der Waals surface area contributed by atoms with Gasteiger partial charge in [0.15, 0.2) is 5.11 Å². The maximum Gasteiger partial charge on any atom is 0.416 e. The second-order valence-corrected chi connectivity index (χ2v) is 10.8. The fourth-order valence-electron chi connectivity index (χ4n) is 3.79. The lowest BCUT2D eigenvalue weighted by Gasteiger charge is -2.34. The number of aromatic nitrogens is 1. The summed E-state index contributed by atoms with van der Waals surface area (Å²) < 4.78 is 52.5. The van der Waals surface area contributed by atoms with E-state index in [0.29, 0.717) is 22.5 Å². The van der Waals surface area contributed by atoms with E-state index in [-0.39, 0.29) is 30.4 Å². The molecule has 3 aromatic rings. The van der Waals surface area contributed by atoms with E-state index in [2.05, 4.69) is 10.6 Å². The number of hydrogen-bond donors (Lipinski definition) is 4. The number of nitrogens with two attached hydrogens (primary N) is 1. The molecule has 39 heavy (non-hydrogen) atoms. The number of carbonyl (C=O) groups is 1. The number of thiocarbonyl (C=S) groups is 1. The number of ether oxygens (including phenoxy) is 1. The summed E-state index contributed by atoms with van der Waals surface area (Å²) in [6.45, 7) is 7.04. The quantitative estimate of drug-likeness (QED) is 0.165. The molecular formula is C27H32F3N5O3S. The molecule has 1 aromatic heterocycles. The molecular weight excluding hydrogens is 531 g/mol. The number of rotatable bonds is 8. The Kier molecular flexibility index (Phi) is 8.79. The molecule has 0 aliphatic carbocycles. The lowest BCUT2D eigenvalue weighted by Crippen LogP contribution is -2.46. The second kappa shape index (κ2) is 11.5. The van der Waals surface area contributed by atoms with Crippen LogP contribution in [0.5, 0.6) is 0 Å². The molecule has 3 rings (SSSR count). The normalized spacial score (nSPS) is 13.4. The Hall–Kier alpha value is -3.80. The molecule has 12 heteroatoms. The number of halogens is 3. The van der Waals surface area contributed by atoms with Crippen LogP contribution in [0.25, 0.3) is 0 Å². The van der Waals surface area contributed by atoms with Crippen LogP contribution in [0.2, 0.25) is 0 Å². The molecule has 0 fully saturated rings. The van der Waals surface area contributed by atoms with Crippen molar-refractivity contribution in [3.05, 3.63) is 77.3 Å². The highest BCUT2D eigenvalue weighted by atomic mass is 32.1. The van der Waals surface area contributed by atoms with Crippen LogP contribution in [0.1, 0.15) is 50.8 Å². The SMILES string of the molecule is CC(C)(C)C(=O)OCCC(C)(NC(=S)Nc1c(N)cccc1Cn1ccoc1=N)c1cccc(C(F)(F)F)c1. The van der Waals surface area contributed by atoms with Gasteiger partial charge in [-0.3, -0.25) is 14.8 Å². The molecule has 0 spiro atoms. The summed E-state index contributed by atoms with van der Waals surface area (Å²) in [6, 6.07) is 10.2. The van der Waals surface area contributed by atoms with E-state index >= 15 is 0 Å². The Morgan fingerprint density at radius 3 is 2.41 bits per heavy atom. The van der Waals surface area contributed by atoms with Crippen molar-refractivity contribution in [2.45, 2.75) is 52.4 Å². The average molecular weight is 564 g/mol. The first kappa shape index (κ1) is 29.8. The Balaban J connectivity index is 1.89. The number of esters is 1. The van der Waals surface area contributed by atoms with Crippen LogP contribution in [0.4, 0.5) is 24.5 Å². The third kappa shape index (κ3) is 7.62. The molecule has 0 bridgehead atoms. The van der Waals surface area contributed by atoms with Gasteiger partial charge in [-0.1, -0.05) is 24.3 Å². The van der Waals surface area contributed by atoms with Crippen molar-refractivity contribution >= 4 is 34.7 Å². The predicted octanol–water partition coefficient (Wildman–Crippen LogP) is 5.39. The van der Waals surface area contributed by atoms with Gasteiger partial charge in [0.25, 0.3) is 5.68 Å². The van der Waals surface area contributed by atoms with Crippen LogP contribution >= 0.6 is 12.2 Å². The zero-order valence-corrected chi connectivity index (χ0v) is 22.9. The lowest BCUT2D eigenvalue weighted by atomic mass is 9.87. The van der Waals surface area contributed by atoms with Crippen molar-refractivity contribution in [2.24, 2.45) is 5.41 Å². The van der Waals surface area contributed by atoms with Gasteiger partial charge in [0.05, 0.1) is 41.0 Å². The maximum absolute atomic E-state index is 13.5. The summed E-state index contributed by atoms with van der Waals surface area (Å²) in [5.41, 5.74) is 5.36. The van der Waals surface area contributed by atoms with Gasteiger partial charge in [-0.2, -0.15) is 13.2 Å². The molecule has 5 N–H and O–H groups in total. The highest BCUT2D eigenvalue weighted by Gasteiger charge is 2.34. The summed E-state index contributed by atoms with van der Waals surface area (Å²) >= 11 is 5.57. The minimum Gasteiger partial charge on any atom is -0.465 e. The standard InChI is InChI=1S/C27H32F3N5O3S/c1-25(2,3)22(36)37-13-11-26(4,18-8-6-9-19(15-18)27(28,29)30)34-24(39)33-21-17(7-5-10-20(21)31)16-35-12-14-38-23(35)32/h5-10,12,14-15,32H,11,13,16,31H2,1-4H3,(H2,33,34,39). The largest absolute Gasteiger partial charge is 0.465 e. The zero-order chi connectivity index (χ0) is 29.0. The van der Waals surface area contributed by atoms with E-state index in [1.54, 1.807) is 62.7 Å². The number of nitrogens with one attached hydrogen (secondary N) is 3. The summed E-state index contributed by atoms with van der Waals surface area (Å²) in [5, 5.41) is 14.1. The van der Waals surface area contributed by atoms with Crippen molar-refractivity contribution in [3.63, 3.8) is 0 Å². The Labute approximate surface area is 229 Å². The number of oxazole rings is 1. The minimum atomic E-state index is -4.54. The van der Waals surface area contributed by atoms with Crippen LogP contribution in [0, 0.1) is 10.8 Å². The number of nitrogens with zero attached hydrogens (tertiary/aromatic N) is 1. The molecule has 1 atom stereocenters. The highest BCUT2D eigenvalue weighted by molar-refractivity contribution is 7.80. The maximum atomic E-state index is 13.5. The van der Waals surface area contributed by atoms with Crippen LogP contribution in [0.3, 0.4) is 0 Å². The molecule has 0 aliphatic rings. The summed E-state index contributed by atoms with van der Waals surface area (Å²) in [5.74, 6) is -0.429. The Bertz CT molecular complexity index is 1390. The van der Waals surface area contributed by atoms with Gasteiger partial charge in [-0.15, -0.1) is 0 Å². The van der Waals surface area contributed by atoms with Crippen molar-refractivity contribution < 1.29 is 27.1 Å². The number of benzene rings is 2. The molecule has 1 heterocycles. The fourth-order valence-corrected chi connectivity index (χ4v) is 4.12. The molecule has 0 saturated carbocycles. The first-order valence-corrected chi connectivity index (χ1v) is 12.5. The second-order valence-electron chi connectivity index (χ2n) is 10.3. The van der Waals surface area contributed by atoms with E-state index in [9.17, 15) is 18.0 Å². The summed E-state index contributed by atoms with van der Waals surface area (Å²) in [7, 11) is 0. The van der Waals surface area contributed by atoms with Crippen molar-refractivity contribution in [3.8, 4) is 0 Å².